The van der Waals surface area contributed by atoms with Crippen LogP contribution in [0.2, 0.25) is 0 Å². The van der Waals surface area contributed by atoms with Gasteiger partial charge in [-0.25, -0.2) is 4.79 Å². The van der Waals surface area contributed by atoms with Gasteiger partial charge in [-0.2, -0.15) is 0 Å². The minimum absolute atomic E-state index is 0.183. The Hall–Kier alpha value is -2.03. The average molecular weight is 187 g/mol. The largest absolute Gasteiger partial charge is 0.478 e. The van der Waals surface area contributed by atoms with Crippen molar-refractivity contribution in [3.8, 4) is 0 Å². The Morgan fingerprint density at radius 1 is 1.14 bits per heavy atom. The monoisotopic (exact) mass is 187 g/mol. The first-order valence-corrected chi connectivity index (χ1v) is 4.20. The van der Waals surface area contributed by atoms with E-state index in [9.17, 15) is 4.79 Å². The number of rotatable bonds is 1. The van der Waals surface area contributed by atoms with Crippen molar-refractivity contribution in [3.05, 3.63) is 42.0 Å². The van der Waals surface area contributed by atoms with Crippen LogP contribution in [-0.4, -0.2) is 11.1 Å². The molecular weight excluding hydrogens is 178 g/mol. The Bertz CT molecular complexity index is 506. The van der Waals surface area contributed by atoms with Crippen molar-refractivity contribution in [2.24, 2.45) is 0 Å². The van der Waals surface area contributed by atoms with Crippen LogP contribution >= 0.6 is 0 Å². The van der Waals surface area contributed by atoms with E-state index in [4.69, 9.17) is 10.8 Å². The number of nitrogens with two attached hydrogens (primary N) is 1. The van der Waals surface area contributed by atoms with Gasteiger partial charge in [0.2, 0.25) is 0 Å². The van der Waals surface area contributed by atoms with Crippen molar-refractivity contribution >= 4 is 22.4 Å². The van der Waals surface area contributed by atoms with E-state index in [-0.39, 0.29) is 5.56 Å². The molecule has 3 N–H and O–H groups in total. The van der Waals surface area contributed by atoms with Gasteiger partial charge in [0.25, 0.3) is 0 Å². The highest BCUT2D eigenvalue weighted by molar-refractivity contribution is 6.08. The number of benzene rings is 2. The van der Waals surface area contributed by atoms with Crippen molar-refractivity contribution in [2.75, 3.05) is 5.73 Å². The maximum absolute atomic E-state index is 11.0. The molecule has 0 aromatic heterocycles. The molecule has 0 fully saturated rings. The summed E-state index contributed by atoms with van der Waals surface area (Å²) in [6.45, 7) is 0. The molecule has 0 aliphatic heterocycles. The van der Waals surface area contributed by atoms with E-state index in [1.54, 1.807) is 18.2 Å². The van der Waals surface area contributed by atoms with Crippen LogP contribution < -0.4 is 5.73 Å². The van der Waals surface area contributed by atoms with Crippen molar-refractivity contribution < 1.29 is 9.90 Å². The van der Waals surface area contributed by atoms with Crippen molar-refractivity contribution in [2.45, 2.75) is 0 Å². The number of hydrogen-bond donors (Lipinski definition) is 2. The first-order valence-electron chi connectivity index (χ1n) is 4.20. The molecule has 2 aromatic rings. The molecule has 70 valence electrons. The number of carboxylic acids is 1. The van der Waals surface area contributed by atoms with Gasteiger partial charge in [-0.3, -0.25) is 0 Å². The summed E-state index contributed by atoms with van der Waals surface area (Å²) < 4.78 is 0. The van der Waals surface area contributed by atoms with Gasteiger partial charge < -0.3 is 10.8 Å². The predicted octanol–water partition coefficient (Wildman–Crippen LogP) is 2.12. The molecule has 0 saturated carbocycles. The lowest BCUT2D eigenvalue weighted by molar-refractivity contribution is 0.0700. The molecule has 2 aromatic carbocycles. The van der Waals surface area contributed by atoms with Crippen LogP contribution in [0.5, 0.6) is 0 Å². The highest BCUT2D eigenvalue weighted by Crippen LogP contribution is 2.23. The Morgan fingerprint density at radius 3 is 2.57 bits per heavy atom. The summed E-state index contributed by atoms with van der Waals surface area (Å²) in [4.78, 5) is 11.0. The highest BCUT2D eigenvalue weighted by Gasteiger charge is 2.11. The molecule has 0 atom stereocenters. The quantitative estimate of drug-likeness (QED) is 0.672. The zero-order valence-electron chi connectivity index (χ0n) is 7.40. The second-order valence-electron chi connectivity index (χ2n) is 3.06. The van der Waals surface area contributed by atoms with E-state index in [2.05, 4.69) is 0 Å². The molecule has 3 nitrogen and oxygen atoms in total. The maximum atomic E-state index is 11.0. The van der Waals surface area contributed by atoms with Crippen LogP contribution in [0.1, 0.15) is 10.4 Å². The highest BCUT2D eigenvalue weighted by atomic mass is 16.4. The van der Waals surface area contributed by atoms with Crippen molar-refractivity contribution in [1.29, 1.82) is 0 Å². The molecule has 0 amide bonds. The first-order chi connectivity index (χ1) is 6.70. The van der Waals surface area contributed by atoms with Crippen LogP contribution in [0.25, 0.3) is 10.8 Å². The number of hydrogen-bond acceptors (Lipinski definition) is 2. The van der Waals surface area contributed by atoms with E-state index in [1.807, 2.05) is 18.2 Å². The van der Waals surface area contributed by atoms with E-state index in [1.165, 1.54) is 0 Å². The summed E-state index contributed by atoms with van der Waals surface area (Å²) in [7, 11) is 0. The molecule has 0 aliphatic carbocycles. The van der Waals surface area contributed by atoms with Crippen LogP contribution in [0.4, 0.5) is 5.69 Å². The number of carboxylic acid groups (broad SMARTS) is 1. The van der Waals surface area contributed by atoms with Crippen LogP contribution in [0.3, 0.4) is 0 Å². The van der Waals surface area contributed by atoms with Gasteiger partial charge in [0.15, 0.2) is 0 Å². The van der Waals surface area contributed by atoms with Crippen molar-refractivity contribution in [1.82, 2.24) is 0 Å². The minimum atomic E-state index is -0.987. The van der Waals surface area contributed by atoms with Gasteiger partial charge in [-0.1, -0.05) is 30.3 Å². The molecule has 0 aliphatic rings. The zero-order valence-corrected chi connectivity index (χ0v) is 7.40. The van der Waals surface area contributed by atoms with E-state index >= 15 is 0 Å². The fourth-order valence-corrected chi connectivity index (χ4v) is 1.53. The summed E-state index contributed by atoms with van der Waals surface area (Å²) in [6.07, 6.45) is 0. The lowest BCUT2D eigenvalue weighted by Crippen LogP contribution is -2.02. The van der Waals surface area contributed by atoms with Crippen molar-refractivity contribution in [3.63, 3.8) is 0 Å². The Morgan fingerprint density at radius 2 is 1.86 bits per heavy atom. The second-order valence-corrected chi connectivity index (χ2v) is 3.06. The summed E-state index contributed by atoms with van der Waals surface area (Å²) in [5.41, 5.74) is 6.09. The Kier molecular flexibility index (Phi) is 1.85. The molecule has 0 saturated heterocycles. The molecule has 0 bridgehead atoms. The number of carbonyl (C=O) groups is 1. The minimum Gasteiger partial charge on any atom is -0.478 e. The fraction of sp³-hybridized carbons (Fsp3) is 0. The molecule has 3 heteroatoms. The summed E-state index contributed by atoms with van der Waals surface area (Å²) >= 11 is 0. The van der Waals surface area contributed by atoms with E-state index in [0.717, 1.165) is 5.39 Å². The molecule has 2 rings (SSSR count). The van der Waals surface area contributed by atoms with Crippen LogP contribution in [0, 0.1) is 0 Å². The third kappa shape index (κ3) is 1.19. The third-order valence-electron chi connectivity index (χ3n) is 2.18. The van der Waals surface area contributed by atoms with Gasteiger partial charge in [0.05, 0.1) is 5.56 Å². The van der Waals surface area contributed by atoms with Gasteiger partial charge in [0, 0.05) is 5.69 Å². The average Bonchev–Trinajstić information content (AvgIpc) is 2.17. The summed E-state index contributed by atoms with van der Waals surface area (Å²) in [5.74, 6) is -0.987. The van der Waals surface area contributed by atoms with E-state index < -0.39 is 5.97 Å². The third-order valence-corrected chi connectivity index (χ3v) is 2.18. The lowest BCUT2D eigenvalue weighted by Gasteiger charge is -2.04. The molecule has 0 spiro atoms. The van der Waals surface area contributed by atoms with Gasteiger partial charge in [-0.15, -0.1) is 0 Å². The van der Waals surface area contributed by atoms with Gasteiger partial charge in [0.1, 0.15) is 0 Å². The topological polar surface area (TPSA) is 63.3 Å². The van der Waals surface area contributed by atoms with E-state index in [0.29, 0.717) is 11.1 Å². The van der Waals surface area contributed by atoms with Gasteiger partial charge in [-0.05, 0) is 16.8 Å². The van der Waals surface area contributed by atoms with Crippen LogP contribution in [0.15, 0.2) is 36.4 Å². The smallest absolute Gasteiger partial charge is 0.338 e. The number of anilines is 1. The molecule has 0 heterocycles. The number of fused-ring (bicyclic) bond motifs is 1. The second kappa shape index (κ2) is 3.03. The summed E-state index contributed by atoms with van der Waals surface area (Å²) in [5, 5.41) is 10.6. The standard InChI is InChI=1S/C11H9NO2/c12-9-6-5-7-3-1-2-4-8(7)10(9)11(13)14/h1-6H,12H2,(H,13,14). The number of nitrogen functional groups attached to an aromatic ring is 1. The van der Waals surface area contributed by atoms with Crippen LogP contribution in [-0.2, 0) is 0 Å². The van der Waals surface area contributed by atoms with Gasteiger partial charge >= 0.3 is 5.97 Å². The first kappa shape index (κ1) is 8.56. The molecule has 14 heavy (non-hydrogen) atoms. The Labute approximate surface area is 80.8 Å². The normalized spacial score (nSPS) is 10.3. The Balaban J connectivity index is 2.90. The predicted molar refractivity (Wildman–Crippen MR) is 55.3 cm³/mol. The fourth-order valence-electron chi connectivity index (χ4n) is 1.53. The summed E-state index contributed by atoms with van der Waals surface area (Å²) in [6, 6.07) is 10.7. The molecule has 0 radical (unpaired) electrons. The SMILES string of the molecule is Nc1ccc2ccccc2c1C(=O)O. The lowest BCUT2D eigenvalue weighted by atomic mass is 10.0. The molecular formula is C11H9NO2. The zero-order chi connectivity index (χ0) is 10.1. The number of aromatic carboxylic acids is 1. The molecule has 0 unspecified atom stereocenters. The maximum Gasteiger partial charge on any atom is 0.338 e.